The van der Waals surface area contributed by atoms with Gasteiger partial charge in [0.1, 0.15) is 11.3 Å². The first-order valence-corrected chi connectivity index (χ1v) is 11.5. The van der Waals surface area contributed by atoms with E-state index in [1.54, 1.807) is 24.4 Å². The van der Waals surface area contributed by atoms with Crippen molar-refractivity contribution in [3.63, 3.8) is 0 Å². The van der Waals surface area contributed by atoms with Crippen molar-refractivity contribution in [1.29, 1.82) is 0 Å². The molecule has 2 N–H and O–H groups in total. The minimum Gasteiger partial charge on any atom is -0.504 e. The third-order valence-corrected chi connectivity index (χ3v) is 6.05. The highest BCUT2D eigenvalue weighted by atomic mass is 19.1. The van der Waals surface area contributed by atoms with Gasteiger partial charge in [0, 0.05) is 28.8 Å². The maximum absolute atomic E-state index is 13.2. The van der Waals surface area contributed by atoms with E-state index in [-0.39, 0.29) is 35.0 Å². The minimum atomic E-state index is -0.325. The number of carbonyl (C=O) groups excluding carboxylic acids is 1. The maximum atomic E-state index is 13.2. The van der Waals surface area contributed by atoms with Gasteiger partial charge in [-0.1, -0.05) is 24.3 Å². The summed E-state index contributed by atoms with van der Waals surface area (Å²) in [5, 5.41) is 22.7. The number of carbonyl (C=O) groups is 1. The number of hydrogen-bond acceptors (Lipinski definition) is 7. The quantitative estimate of drug-likeness (QED) is 0.346. The fraction of sp³-hybridized carbons (Fsp3) is 0.148. The third-order valence-electron chi connectivity index (χ3n) is 6.05. The number of hydrogen-bond donors (Lipinski definition) is 2. The maximum Gasteiger partial charge on any atom is 0.270 e. The van der Waals surface area contributed by atoms with Crippen LogP contribution in [0.25, 0.3) is 33.7 Å². The summed E-state index contributed by atoms with van der Waals surface area (Å²) in [4.78, 5) is 21.1. The Balaban J connectivity index is 1.36. The Labute approximate surface area is 204 Å². The number of halogens is 1. The van der Waals surface area contributed by atoms with Crippen molar-refractivity contribution >= 4 is 22.5 Å². The smallest absolute Gasteiger partial charge is 0.270 e. The molecule has 0 aliphatic heterocycles. The van der Waals surface area contributed by atoms with Crippen LogP contribution in [0.1, 0.15) is 24.3 Å². The van der Waals surface area contributed by atoms with E-state index in [4.69, 9.17) is 4.42 Å². The molecule has 0 bridgehead atoms. The molecule has 1 aliphatic carbocycles. The van der Waals surface area contributed by atoms with Gasteiger partial charge in [0.2, 0.25) is 11.8 Å². The zero-order chi connectivity index (χ0) is 24.6. The fourth-order valence-electron chi connectivity index (χ4n) is 3.99. The van der Waals surface area contributed by atoms with Crippen molar-refractivity contribution in [3.8, 4) is 28.6 Å². The van der Waals surface area contributed by atoms with Gasteiger partial charge in [-0.05, 0) is 54.8 Å². The first-order valence-electron chi connectivity index (χ1n) is 11.5. The minimum absolute atomic E-state index is 0.0373. The predicted molar refractivity (Wildman–Crippen MR) is 130 cm³/mol. The summed E-state index contributed by atoms with van der Waals surface area (Å²) in [6.07, 6.45) is 3.76. The van der Waals surface area contributed by atoms with Crippen molar-refractivity contribution < 1.29 is 18.7 Å². The first kappa shape index (κ1) is 21.8. The summed E-state index contributed by atoms with van der Waals surface area (Å²) in [7, 11) is 0. The summed E-state index contributed by atoms with van der Waals surface area (Å²) in [5.74, 6) is 0.00914. The second-order valence-electron chi connectivity index (χ2n) is 8.70. The Morgan fingerprint density at radius 2 is 1.81 bits per heavy atom. The Morgan fingerprint density at radius 3 is 2.56 bits per heavy atom. The molecule has 1 amide bonds. The second kappa shape index (κ2) is 8.84. The number of nitrogens with one attached hydrogen (secondary N) is 1. The van der Waals surface area contributed by atoms with Crippen LogP contribution in [-0.4, -0.2) is 31.2 Å². The molecule has 36 heavy (non-hydrogen) atoms. The number of rotatable bonds is 6. The first-order chi connectivity index (χ1) is 17.5. The number of benzene rings is 2. The molecule has 1 saturated carbocycles. The molecule has 178 valence electrons. The van der Waals surface area contributed by atoms with Crippen molar-refractivity contribution in [3.05, 3.63) is 84.1 Å². The van der Waals surface area contributed by atoms with E-state index < -0.39 is 0 Å². The highest BCUT2D eigenvalue weighted by Gasteiger charge is 2.29. The van der Waals surface area contributed by atoms with Crippen LogP contribution in [0.3, 0.4) is 0 Å². The molecule has 6 rings (SSSR count). The van der Waals surface area contributed by atoms with Gasteiger partial charge in [-0.3, -0.25) is 9.78 Å². The van der Waals surface area contributed by atoms with Gasteiger partial charge in [-0.15, -0.1) is 10.2 Å². The van der Waals surface area contributed by atoms with E-state index in [1.807, 2.05) is 30.3 Å². The Bertz CT molecular complexity index is 1580. The molecule has 2 aromatic carbocycles. The molecule has 0 unspecified atom stereocenters. The molecule has 9 heteroatoms. The summed E-state index contributed by atoms with van der Waals surface area (Å²) >= 11 is 0. The van der Waals surface area contributed by atoms with Crippen LogP contribution in [-0.2, 0) is 11.2 Å². The lowest BCUT2D eigenvalue weighted by atomic mass is 10.0. The molecule has 1 aliphatic rings. The third kappa shape index (κ3) is 4.26. The molecule has 3 heterocycles. The van der Waals surface area contributed by atoms with Crippen LogP contribution < -0.4 is 5.32 Å². The van der Waals surface area contributed by atoms with E-state index in [0.29, 0.717) is 34.6 Å². The van der Waals surface area contributed by atoms with Crippen LogP contribution in [0.15, 0.2) is 71.3 Å². The standard InChI is InChI=1S/C27H20FN5O3/c28-18-9-3-15(4-10-18)14-21-32-33-27(36-21)24-25(34)23-20(2-1-13-29-23)22(31-24)16-7-11-19(12-8-16)30-26(35)17-5-6-17/h1-4,7-13,17,34H,5-6,14H2,(H,30,35). The van der Waals surface area contributed by atoms with Crippen molar-refractivity contribution in [2.75, 3.05) is 5.32 Å². The van der Waals surface area contributed by atoms with Crippen LogP contribution in [0.5, 0.6) is 5.75 Å². The van der Waals surface area contributed by atoms with Crippen LogP contribution in [0.4, 0.5) is 10.1 Å². The van der Waals surface area contributed by atoms with E-state index in [1.165, 1.54) is 12.1 Å². The molecule has 3 aromatic heterocycles. The van der Waals surface area contributed by atoms with Gasteiger partial charge in [0.05, 0.1) is 12.1 Å². The molecular weight excluding hydrogens is 461 g/mol. The lowest BCUT2D eigenvalue weighted by Crippen LogP contribution is -2.13. The molecule has 1 fully saturated rings. The zero-order valence-corrected chi connectivity index (χ0v) is 19.0. The molecule has 0 spiro atoms. The highest BCUT2D eigenvalue weighted by Crippen LogP contribution is 2.38. The summed E-state index contributed by atoms with van der Waals surface area (Å²) in [6, 6.07) is 17.0. The van der Waals surface area contributed by atoms with Crippen molar-refractivity contribution in [2.24, 2.45) is 5.92 Å². The normalized spacial score (nSPS) is 13.1. The lowest BCUT2D eigenvalue weighted by Gasteiger charge is -2.11. The number of aromatic nitrogens is 4. The van der Waals surface area contributed by atoms with Gasteiger partial charge in [0.15, 0.2) is 11.4 Å². The van der Waals surface area contributed by atoms with Gasteiger partial charge in [-0.2, -0.15) is 0 Å². The van der Waals surface area contributed by atoms with Gasteiger partial charge in [0.25, 0.3) is 5.89 Å². The largest absolute Gasteiger partial charge is 0.504 e. The van der Waals surface area contributed by atoms with Crippen LogP contribution in [0.2, 0.25) is 0 Å². The number of anilines is 1. The molecule has 8 nitrogen and oxygen atoms in total. The van der Waals surface area contributed by atoms with E-state index >= 15 is 0 Å². The average Bonchev–Trinajstić information content (AvgIpc) is 3.66. The van der Waals surface area contributed by atoms with E-state index in [9.17, 15) is 14.3 Å². The second-order valence-corrected chi connectivity index (χ2v) is 8.70. The van der Waals surface area contributed by atoms with Crippen molar-refractivity contribution in [1.82, 2.24) is 20.2 Å². The Morgan fingerprint density at radius 1 is 1.03 bits per heavy atom. The monoisotopic (exact) mass is 481 g/mol. The molecule has 5 aromatic rings. The average molecular weight is 481 g/mol. The molecule has 0 radical (unpaired) electrons. The molecule has 0 atom stereocenters. The lowest BCUT2D eigenvalue weighted by molar-refractivity contribution is -0.117. The number of pyridine rings is 2. The van der Waals surface area contributed by atoms with Crippen LogP contribution in [0, 0.1) is 11.7 Å². The highest BCUT2D eigenvalue weighted by molar-refractivity contribution is 5.99. The van der Waals surface area contributed by atoms with Gasteiger partial charge < -0.3 is 14.8 Å². The number of aromatic hydroxyl groups is 1. The van der Waals surface area contributed by atoms with Gasteiger partial charge >= 0.3 is 0 Å². The zero-order valence-electron chi connectivity index (χ0n) is 19.0. The predicted octanol–water partition coefficient (Wildman–Crippen LogP) is 5.13. The number of nitrogens with zero attached hydrogens (tertiary/aromatic N) is 4. The summed E-state index contributed by atoms with van der Waals surface area (Å²) in [5.41, 5.74) is 3.31. The number of fused-ring (bicyclic) bond motifs is 1. The Kier molecular flexibility index (Phi) is 5.37. The van der Waals surface area contributed by atoms with Gasteiger partial charge in [-0.25, -0.2) is 9.37 Å². The molecular formula is C27H20FN5O3. The molecule has 0 saturated heterocycles. The van der Waals surface area contributed by atoms with Crippen molar-refractivity contribution in [2.45, 2.75) is 19.3 Å². The number of amides is 1. The van der Waals surface area contributed by atoms with Crippen LogP contribution >= 0.6 is 0 Å². The Hall–Kier alpha value is -4.66. The van der Waals surface area contributed by atoms with E-state index in [2.05, 4.69) is 25.5 Å². The fourth-order valence-corrected chi connectivity index (χ4v) is 3.99. The summed E-state index contributed by atoms with van der Waals surface area (Å²) < 4.78 is 19.0. The SMILES string of the molecule is O=C(Nc1ccc(-c2nc(-c3nnc(Cc4ccc(F)cc4)o3)c(O)c3ncccc23)cc1)C1CC1. The summed E-state index contributed by atoms with van der Waals surface area (Å²) in [6.45, 7) is 0. The topological polar surface area (TPSA) is 114 Å². The van der Waals surface area contributed by atoms with E-state index in [0.717, 1.165) is 24.0 Å².